The minimum absolute atomic E-state index is 0.219. The van der Waals surface area contributed by atoms with Crippen LogP contribution in [0.5, 0.6) is 0 Å². The van der Waals surface area contributed by atoms with Gasteiger partial charge >= 0.3 is 11.9 Å². The molecule has 0 aliphatic carbocycles. The highest BCUT2D eigenvalue weighted by Crippen LogP contribution is 2.26. The maximum Gasteiger partial charge on any atom is 0.320 e. The summed E-state index contributed by atoms with van der Waals surface area (Å²) in [4.78, 5) is 22.2. The average Bonchev–Trinajstić information content (AvgIpc) is 2.71. The molecule has 0 heterocycles. The van der Waals surface area contributed by atoms with Gasteiger partial charge in [0.2, 0.25) is 0 Å². The molecule has 30 heavy (non-hydrogen) atoms. The highest BCUT2D eigenvalue weighted by molar-refractivity contribution is 5.97. The van der Waals surface area contributed by atoms with E-state index in [9.17, 15) is 9.59 Å². The fraction of sp³-hybridized carbons (Fsp3) is 0.923. The molecule has 0 aliphatic heterocycles. The molecule has 178 valence electrons. The Morgan fingerprint density at radius 1 is 0.500 bits per heavy atom. The molecule has 0 unspecified atom stereocenters. The van der Waals surface area contributed by atoms with Gasteiger partial charge in [0.1, 0.15) is 0 Å². The zero-order chi connectivity index (χ0) is 22.5. The Labute approximate surface area is 186 Å². The number of hydrogen-bond donors (Lipinski definition) is 2. The van der Waals surface area contributed by atoms with Gasteiger partial charge in [0, 0.05) is 0 Å². The van der Waals surface area contributed by atoms with E-state index in [4.69, 9.17) is 10.2 Å². The molecule has 0 amide bonds. The van der Waals surface area contributed by atoms with E-state index in [1.807, 2.05) is 0 Å². The molecule has 0 rings (SSSR count). The summed E-state index contributed by atoms with van der Waals surface area (Å²) in [6.07, 6.45) is 26.2. The number of unbranched alkanes of at least 4 members (excludes halogenated alkanes) is 19. The normalized spacial score (nSPS) is 11.7. The molecule has 0 radical (unpaired) electrons. The van der Waals surface area contributed by atoms with Crippen LogP contribution in [0.15, 0.2) is 0 Å². The minimum atomic E-state index is -1.63. The van der Waals surface area contributed by atoms with E-state index in [1.54, 1.807) is 0 Å². The van der Waals surface area contributed by atoms with Crippen molar-refractivity contribution in [1.29, 1.82) is 0 Å². The minimum Gasteiger partial charge on any atom is -0.480 e. The molecule has 4 heteroatoms. The van der Waals surface area contributed by atoms with Crippen molar-refractivity contribution in [3.8, 4) is 0 Å². The summed E-state index contributed by atoms with van der Waals surface area (Å²) >= 11 is 0. The zero-order valence-electron chi connectivity index (χ0n) is 20.1. The topological polar surface area (TPSA) is 74.6 Å². The summed E-state index contributed by atoms with van der Waals surface area (Å²) in [6.45, 7) is 3.59. The maximum atomic E-state index is 11.1. The van der Waals surface area contributed by atoms with E-state index < -0.39 is 17.4 Å². The summed E-state index contributed by atoms with van der Waals surface area (Å²) in [5.74, 6) is -2.46. The first kappa shape index (κ1) is 28.9. The molecule has 0 spiro atoms. The van der Waals surface area contributed by atoms with Gasteiger partial charge < -0.3 is 10.2 Å². The highest BCUT2D eigenvalue weighted by Gasteiger charge is 2.40. The van der Waals surface area contributed by atoms with Gasteiger partial charge in [0.15, 0.2) is 5.41 Å². The summed E-state index contributed by atoms with van der Waals surface area (Å²) in [5.41, 5.74) is -1.63. The molecule has 0 bridgehead atoms. The van der Waals surface area contributed by atoms with E-state index in [0.29, 0.717) is 6.42 Å². The third kappa shape index (κ3) is 15.7. The van der Waals surface area contributed by atoms with Crippen molar-refractivity contribution in [2.45, 2.75) is 149 Å². The monoisotopic (exact) mass is 426 g/mol. The predicted octanol–water partition coefficient (Wildman–Crippen LogP) is 8.37. The number of carbonyl (C=O) groups is 2. The molecule has 2 N–H and O–H groups in total. The Balaban J connectivity index is 3.27. The van der Waals surface area contributed by atoms with Gasteiger partial charge in [-0.15, -0.1) is 0 Å². The quantitative estimate of drug-likeness (QED) is 0.127. The van der Waals surface area contributed by atoms with Gasteiger partial charge in [0.05, 0.1) is 0 Å². The van der Waals surface area contributed by atoms with Gasteiger partial charge in [-0.05, 0) is 13.3 Å². The van der Waals surface area contributed by atoms with Crippen LogP contribution < -0.4 is 0 Å². The highest BCUT2D eigenvalue weighted by atomic mass is 16.4. The SMILES string of the molecule is CCCCCCCCCCCCCCCCCCCCCCC(C)(C(=O)O)C(=O)O. The van der Waals surface area contributed by atoms with Crippen molar-refractivity contribution in [3.05, 3.63) is 0 Å². The van der Waals surface area contributed by atoms with Gasteiger partial charge in [0.25, 0.3) is 0 Å². The van der Waals surface area contributed by atoms with Crippen molar-refractivity contribution in [2.24, 2.45) is 5.41 Å². The number of hydrogen-bond acceptors (Lipinski definition) is 2. The van der Waals surface area contributed by atoms with Crippen molar-refractivity contribution >= 4 is 11.9 Å². The second-order valence-electron chi connectivity index (χ2n) is 9.41. The Bertz CT molecular complexity index is 405. The fourth-order valence-electron chi connectivity index (χ4n) is 4.04. The van der Waals surface area contributed by atoms with Crippen LogP contribution in [0.4, 0.5) is 0 Å². The second kappa shape index (κ2) is 19.9. The number of rotatable bonds is 23. The summed E-state index contributed by atoms with van der Waals surface area (Å²) in [7, 11) is 0. The lowest BCUT2D eigenvalue weighted by Gasteiger charge is -2.19. The second-order valence-corrected chi connectivity index (χ2v) is 9.41. The van der Waals surface area contributed by atoms with Crippen LogP contribution >= 0.6 is 0 Å². The largest absolute Gasteiger partial charge is 0.480 e. The molecule has 0 aromatic heterocycles. The number of carboxylic acid groups (broad SMARTS) is 2. The van der Waals surface area contributed by atoms with Gasteiger partial charge in [-0.25, -0.2) is 0 Å². The lowest BCUT2D eigenvalue weighted by atomic mass is 9.85. The van der Waals surface area contributed by atoms with E-state index in [0.717, 1.165) is 12.8 Å². The Hall–Kier alpha value is -1.06. The molecular formula is C26H50O4. The first-order chi connectivity index (χ1) is 14.4. The third-order valence-electron chi connectivity index (χ3n) is 6.47. The summed E-state index contributed by atoms with van der Waals surface area (Å²) < 4.78 is 0. The lowest BCUT2D eigenvalue weighted by molar-refractivity contribution is -0.163. The smallest absolute Gasteiger partial charge is 0.320 e. The van der Waals surface area contributed by atoms with Crippen molar-refractivity contribution in [2.75, 3.05) is 0 Å². The van der Waals surface area contributed by atoms with Crippen LogP contribution in [0.3, 0.4) is 0 Å². The molecule has 0 saturated heterocycles. The molecule has 0 aromatic carbocycles. The van der Waals surface area contributed by atoms with E-state index in [2.05, 4.69) is 6.92 Å². The number of aliphatic carboxylic acids is 2. The van der Waals surface area contributed by atoms with Crippen LogP contribution in [0.25, 0.3) is 0 Å². The van der Waals surface area contributed by atoms with Crippen LogP contribution in [-0.4, -0.2) is 22.2 Å². The van der Waals surface area contributed by atoms with Crippen molar-refractivity contribution in [1.82, 2.24) is 0 Å². The standard InChI is InChI=1S/C26H50O4/c1-3-4-5-6-7-8-9-10-11-12-13-14-15-16-17-18-19-20-21-22-23-26(2,24(27)28)25(29)30/h3-23H2,1-2H3,(H,27,28)(H,29,30). The fourth-order valence-corrected chi connectivity index (χ4v) is 4.04. The Kier molecular flexibility index (Phi) is 19.2. The van der Waals surface area contributed by atoms with Gasteiger partial charge in [-0.3, -0.25) is 9.59 Å². The first-order valence-electron chi connectivity index (χ1n) is 12.9. The molecule has 4 nitrogen and oxygen atoms in total. The number of carboxylic acids is 2. The summed E-state index contributed by atoms with van der Waals surface area (Å²) in [5, 5.41) is 18.2. The van der Waals surface area contributed by atoms with Gasteiger partial charge in [-0.2, -0.15) is 0 Å². The van der Waals surface area contributed by atoms with E-state index in [1.165, 1.54) is 116 Å². The van der Waals surface area contributed by atoms with Gasteiger partial charge in [-0.1, -0.05) is 135 Å². The van der Waals surface area contributed by atoms with E-state index in [-0.39, 0.29) is 6.42 Å². The predicted molar refractivity (Wildman–Crippen MR) is 126 cm³/mol. The summed E-state index contributed by atoms with van der Waals surface area (Å²) in [6, 6.07) is 0. The Morgan fingerprint density at radius 3 is 0.967 bits per heavy atom. The lowest BCUT2D eigenvalue weighted by Crippen LogP contribution is -2.36. The maximum absolute atomic E-state index is 11.1. The first-order valence-corrected chi connectivity index (χ1v) is 12.9. The van der Waals surface area contributed by atoms with Crippen LogP contribution in [0.1, 0.15) is 149 Å². The molecule has 0 saturated carbocycles. The molecule has 0 aliphatic rings. The molecule has 0 atom stereocenters. The van der Waals surface area contributed by atoms with Crippen LogP contribution in [0, 0.1) is 5.41 Å². The van der Waals surface area contributed by atoms with Crippen LogP contribution in [-0.2, 0) is 9.59 Å². The molecule has 0 fully saturated rings. The zero-order valence-corrected chi connectivity index (χ0v) is 20.1. The van der Waals surface area contributed by atoms with Crippen LogP contribution in [0.2, 0.25) is 0 Å². The molecule has 0 aromatic rings. The molecular weight excluding hydrogens is 376 g/mol. The van der Waals surface area contributed by atoms with Crippen molar-refractivity contribution in [3.63, 3.8) is 0 Å². The van der Waals surface area contributed by atoms with Crippen molar-refractivity contribution < 1.29 is 19.8 Å². The Morgan fingerprint density at radius 2 is 0.733 bits per heavy atom. The third-order valence-corrected chi connectivity index (χ3v) is 6.47. The van der Waals surface area contributed by atoms with E-state index >= 15 is 0 Å². The average molecular weight is 427 g/mol.